The maximum atomic E-state index is 5.69. The standard InChI is InChI=1S/C14H23NO2/c1-4-10-15(2)11-14(16-3)12-17-13-8-6-5-7-9-13/h5-9,14H,4,10-12H2,1-3H3. The van der Waals surface area contributed by atoms with E-state index in [4.69, 9.17) is 9.47 Å². The maximum Gasteiger partial charge on any atom is 0.119 e. The molecular formula is C14H23NO2. The van der Waals surface area contributed by atoms with Gasteiger partial charge >= 0.3 is 0 Å². The van der Waals surface area contributed by atoms with Crippen molar-refractivity contribution in [3.63, 3.8) is 0 Å². The van der Waals surface area contributed by atoms with E-state index in [1.165, 1.54) is 0 Å². The third-order valence-corrected chi connectivity index (χ3v) is 2.63. The van der Waals surface area contributed by atoms with Crippen LogP contribution in [0.1, 0.15) is 13.3 Å². The van der Waals surface area contributed by atoms with Crippen LogP contribution >= 0.6 is 0 Å². The van der Waals surface area contributed by atoms with Crippen molar-refractivity contribution in [1.29, 1.82) is 0 Å². The van der Waals surface area contributed by atoms with E-state index in [-0.39, 0.29) is 6.10 Å². The molecule has 0 radical (unpaired) electrons. The van der Waals surface area contributed by atoms with E-state index >= 15 is 0 Å². The molecule has 0 aliphatic heterocycles. The number of likely N-dealkylation sites (N-methyl/N-ethyl adjacent to an activating group) is 1. The van der Waals surface area contributed by atoms with Crippen molar-refractivity contribution in [2.75, 3.05) is 33.9 Å². The molecule has 3 heteroatoms. The van der Waals surface area contributed by atoms with Crippen molar-refractivity contribution in [1.82, 2.24) is 4.90 Å². The molecule has 0 amide bonds. The predicted octanol–water partition coefficient (Wildman–Crippen LogP) is 2.42. The van der Waals surface area contributed by atoms with Crippen LogP contribution < -0.4 is 4.74 Å². The van der Waals surface area contributed by atoms with Gasteiger partial charge in [-0.3, -0.25) is 0 Å². The van der Waals surface area contributed by atoms with Crippen LogP contribution in [0.3, 0.4) is 0 Å². The van der Waals surface area contributed by atoms with E-state index in [0.29, 0.717) is 6.61 Å². The van der Waals surface area contributed by atoms with E-state index < -0.39 is 0 Å². The number of methoxy groups -OCH3 is 1. The fraction of sp³-hybridized carbons (Fsp3) is 0.571. The molecule has 1 aromatic carbocycles. The van der Waals surface area contributed by atoms with Crippen LogP contribution in [0, 0.1) is 0 Å². The minimum absolute atomic E-state index is 0.117. The lowest BCUT2D eigenvalue weighted by atomic mass is 10.3. The van der Waals surface area contributed by atoms with Crippen LogP contribution in [0.4, 0.5) is 0 Å². The fourth-order valence-corrected chi connectivity index (χ4v) is 1.72. The molecule has 0 saturated heterocycles. The van der Waals surface area contributed by atoms with Crippen molar-refractivity contribution in [2.45, 2.75) is 19.4 Å². The quantitative estimate of drug-likeness (QED) is 0.693. The SMILES string of the molecule is CCCN(C)CC(COc1ccccc1)OC. The molecule has 0 aliphatic carbocycles. The molecule has 0 bridgehead atoms. The molecule has 3 nitrogen and oxygen atoms in total. The van der Waals surface area contributed by atoms with Gasteiger partial charge in [0.2, 0.25) is 0 Å². The minimum atomic E-state index is 0.117. The number of hydrogen-bond acceptors (Lipinski definition) is 3. The molecule has 1 rings (SSSR count). The van der Waals surface area contributed by atoms with Crippen molar-refractivity contribution < 1.29 is 9.47 Å². The van der Waals surface area contributed by atoms with Gasteiger partial charge in [-0.05, 0) is 32.1 Å². The molecule has 1 unspecified atom stereocenters. The molecule has 0 spiro atoms. The van der Waals surface area contributed by atoms with Gasteiger partial charge in [-0.15, -0.1) is 0 Å². The summed E-state index contributed by atoms with van der Waals surface area (Å²) in [6, 6.07) is 9.85. The maximum absolute atomic E-state index is 5.69. The molecule has 0 saturated carbocycles. The van der Waals surface area contributed by atoms with Gasteiger partial charge in [0.05, 0.1) is 0 Å². The molecule has 1 aromatic rings. The van der Waals surface area contributed by atoms with Crippen LogP contribution in [-0.4, -0.2) is 44.9 Å². The van der Waals surface area contributed by atoms with Crippen molar-refractivity contribution in [3.05, 3.63) is 30.3 Å². The number of para-hydroxylation sites is 1. The van der Waals surface area contributed by atoms with Crippen LogP contribution in [0.15, 0.2) is 30.3 Å². The molecule has 0 aliphatic rings. The molecule has 0 aromatic heterocycles. The fourth-order valence-electron chi connectivity index (χ4n) is 1.72. The first-order valence-electron chi connectivity index (χ1n) is 6.15. The third kappa shape index (κ3) is 5.71. The largest absolute Gasteiger partial charge is 0.491 e. The van der Waals surface area contributed by atoms with E-state index in [1.54, 1.807) is 7.11 Å². The van der Waals surface area contributed by atoms with Crippen molar-refractivity contribution in [3.8, 4) is 5.75 Å². The predicted molar refractivity (Wildman–Crippen MR) is 70.5 cm³/mol. The Morgan fingerprint density at radius 1 is 1.24 bits per heavy atom. The summed E-state index contributed by atoms with van der Waals surface area (Å²) in [5.41, 5.74) is 0. The monoisotopic (exact) mass is 237 g/mol. The van der Waals surface area contributed by atoms with E-state index in [0.717, 1.165) is 25.3 Å². The lowest BCUT2D eigenvalue weighted by Crippen LogP contribution is -2.34. The van der Waals surface area contributed by atoms with Gasteiger partial charge in [-0.1, -0.05) is 25.1 Å². The first kappa shape index (κ1) is 14.0. The zero-order chi connectivity index (χ0) is 12.5. The zero-order valence-electron chi connectivity index (χ0n) is 11.1. The van der Waals surface area contributed by atoms with Crippen LogP contribution in [-0.2, 0) is 4.74 Å². The Labute approximate surface area is 104 Å². The Bertz CT molecular complexity index is 290. The lowest BCUT2D eigenvalue weighted by Gasteiger charge is -2.22. The average molecular weight is 237 g/mol. The van der Waals surface area contributed by atoms with Gasteiger partial charge in [-0.25, -0.2) is 0 Å². The van der Waals surface area contributed by atoms with Gasteiger partial charge < -0.3 is 14.4 Å². The first-order chi connectivity index (χ1) is 8.26. The highest BCUT2D eigenvalue weighted by atomic mass is 16.5. The summed E-state index contributed by atoms with van der Waals surface area (Å²) >= 11 is 0. The average Bonchev–Trinajstić information content (AvgIpc) is 2.36. The van der Waals surface area contributed by atoms with Gasteiger partial charge in [0.1, 0.15) is 18.5 Å². The van der Waals surface area contributed by atoms with Gasteiger partial charge in [0.15, 0.2) is 0 Å². The minimum Gasteiger partial charge on any atom is -0.491 e. The lowest BCUT2D eigenvalue weighted by molar-refractivity contribution is 0.0351. The van der Waals surface area contributed by atoms with E-state index in [9.17, 15) is 0 Å². The van der Waals surface area contributed by atoms with Crippen molar-refractivity contribution >= 4 is 0 Å². The summed E-state index contributed by atoms with van der Waals surface area (Å²) in [5.74, 6) is 0.896. The Hall–Kier alpha value is -1.06. The molecule has 0 fully saturated rings. The molecule has 0 heterocycles. The molecule has 96 valence electrons. The number of hydrogen-bond donors (Lipinski definition) is 0. The highest BCUT2D eigenvalue weighted by molar-refractivity contribution is 5.20. The normalized spacial score (nSPS) is 12.7. The third-order valence-electron chi connectivity index (χ3n) is 2.63. The van der Waals surface area contributed by atoms with Gasteiger partial charge in [0.25, 0.3) is 0 Å². The highest BCUT2D eigenvalue weighted by Crippen LogP contribution is 2.09. The first-order valence-corrected chi connectivity index (χ1v) is 6.15. The van der Waals surface area contributed by atoms with Gasteiger partial charge in [-0.2, -0.15) is 0 Å². The number of rotatable bonds is 8. The summed E-state index contributed by atoms with van der Waals surface area (Å²) < 4.78 is 11.1. The van der Waals surface area contributed by atoms with E-state index in [1.807, 2.05) is 30.3 Å². The highest BCUT2D eigenvalue weighted by Gasteiger charge is 2.11. The number of nitrogens with zero attached hydrogens (tertiary/aromatic N) is 1. The van der Waals surface area contributed by atoms with Crippen molar-refractivity contribution in [2.24, 2.45) is 0 Å². The van der Waals surface area contributed by atoms with Gasteiger partial charge in [0, 0.05) is 13.7 Å². The topological polar surface area (TPSA) is 21.7 Å². The smallest absolute Gasteiger partial charge is 0.119 e. The summed E-state index contributed by atoms with van der Waals surface area (Å²) in [7, 11) is 3.84. The summed E-state index contributed by atoms with van der Waals surface area (Å²) in [4.78, 5) is 2.27. The number of benzene rings is 1. The van der Waals surface area contributed by atoms with Crippen LogP contribution in [0.5, 0.6) is 5.75 Å². The molecule has 17 heavy (non-hydrogen) atoms. The Morgan fingerprint density at radius 2 is 1.94 bits per heavy atom. The Kier molecular flexibility index (Phi) is 6.67. The van der Waals surface area contributed by atoms with E-state index in [2.05, 4.69) is 18.9 Å². The summed E-state index contributed by atoms with van der Waals surface area (Å²) in [6.45, 7) is 4.76. The molecular weight excluding hydrogens is 214 g/mol. The second-order valence-corrected chi connectivity index (χ2v) is 4.24. The summed E-state index contributed by atoms with van der Waals surface area (Å²) in [5, 5.41) is 0. The number of ether oxygens (including phenoxy) is 2. The van der Waals surface area contributed by atoms with Crippen LogP contribution in [0.25, 0.3) is 0 Å². The molecule has 0 N–H and O–H groups in total. The molecule has 1 atom stereocenters. The Morgan fingerprint density at radius 3 is 2.53 bits per heavy atom. The second kappa shape index (κ2) is 8.09. The zero-order valence-corrected chi connectivity index (χ0v) is 11.1. The van der Waals surface area contributed by atoms with Crippen LogP contribution in [0.2, 0.25) is 0 Å². The summed E-state index contributed by atoms with van der Waals surface area (Å²) in [6.07, 6.45) is 1.28. The Balaban J connectivity index is 2.32. The second-order valence-electron chi connectivity index (χ2n) is 4.24.